The number of pyridine rings is 2. The Balaban J connectivity index is 1.74. The quantitative estimate of drug-likeness (QED) is 0.613. The molecule has 2 aromatic heterocycles. The molecule has 1 aliphatic carbocycles. The minimum atomic E-state index is -0.507. The zero-order valence-corrected chi connectivity index (χ0v) is 16.6. The molecule has 2 heterocycles. The van der Waals surface area contributed by atoms with E-state index in [1.54, 1.807) is 18.3 Å². The predicted octanol–water partition coefficient (Wildman–Crippen LogP) is 2.69. The van der Waals surface area contributed by atoms with Crippen LogP contribution in [0, 0.1) is 37.0 Å². The zero-order chi connectivity index (χ0) is 21.6. The third kappa shape index (κ3) is 3.42. The summed E-state index contributed by atoms with van der Waals surface area (Å²) >= 11 is 0. The Bertz CT molecular complexity index is 1260. The number of aromatic nitrogens is 2. The van der Waals surface area contributed by atoms with Crippen LogP contribution in [0.4, 0.5) is 11.6 Å². The van der Waals surface area contributed by atoms with Crippen LogP contribution in [0.3, 0.4) is 0 Å². The summed E-state index contributed by atoms with van der Waals surface area (Å²) in [5.74, 6) is -0.552. The van der Waals surface area contributed by atoms with Gasteiger partial charge >= 0.3 is 0 Å². The summed E-state index contributed by atoms with van der Waals surface area (Å²) in [6, 6.07) is 9.26. The zero-order valence-electron chi connectivity index (χ0n) is 16.6. The first-order chi connectivity index (χ1) is 14.3. The summed E-state index contributed by atoms with van der Waals surface area (Å²) < 4.78 is 0. The van der Waals surface area contributed by atoms with Crippen molar-refractivity contribution in [1.82, 2.24) is 9.97 Å². The highest BCUT2D eigenvalue weighted by Gasteiger charge is 2.43. The van der Waals surface area contributed by atoms with Gasteiger partial charge in [0.25, 0.3) is 0 Å². The molecule has 0 aliphatic heterocycles. The van der Waals surface area contributed by atoms with Crippen LogP contribution >= 0.6 is 0 Å². The van der Waals surface area contributed by atoms with Gasteiger partial charge in [0.2, 0.25) is 11.8 Å². The van der Waals surface area contributed by atoms with Gasteiger partial charge in [0.05, 0.1) is 23.6 Å². The molecule has 3 aromatic rings. The molecule has 1 unspecified atom stereocenters. The summed E-state index contributed by atoms with van der Waals surface area (Å²) in [6.45, 7) is 3.76. The standard InChI is InChI=1S/C22H20N6O2/c1-10-3-11(2)15(21(25)29)7-14(10)18-5-12-6-19(26-9-17(12)20(24)27-18)28-22(30)16-4-13(16)8-23/h3,5-7,9,13,16H,4H2,1-2H3,(H2,24,27)(H2,25,29)(H,26,28,30)/t13?,16-/m1/s1. The van der Waals surface area contributed by atoms with Gasteiger partial charge in [0.15, 0.2) is 0 Å². The maximum absolute atomic E-state index is 12.2. The van der Waals surface area contributed by atoms with E-state index in [0.717, 1.165) is 22.1 Å². The van der Waals surface area contributed by atoms with Gasteiger partial charge in [-0.1, -0.05) is 6.07 Å². The van der Waals surface area contributed by atoms with Crippen molar-refractivity contribution in [2.75, 3.05) is 11.1 Å². The predicted molar refractivity (Wildman–Crippen MR) is 113 cm³/mol. The molecule has 1 aliphatic rings. The molecule has 0 spiro atoms. The Hall–Kier alpha value is -3.99. The van der Waals surface area contributed by atoms with E-state index >= 15 is 0 Å². The molecule has 150 valence electrons. The van der Waals surface area contributed by atoms with Gasteiger partial charge in [-0.15, -0.1) is 0 Å². The fraction of sp³-hybridized carbons (Fsp3) is 0.227. The van der Waals surface area contributed by atoms with Crippen LogP contribution < -0.4 is 16.8 Å². The summed E-state index contributed by atoms with van der Waals surface area (Å²) in [6.07, 6.45) is 2.13. The molecule has 0 bridgehead atoms. The van der Waals surface area contributed by atoms with Crippen LogP contribution in [0.2, 0.25) is 0 Å². The van der Waals surface area contributed by atoms with Gasteiger partial charge in [-0.3, -0.25) is 9.59 Å². The molecule has 1 saturated carbocycles. The summed E-state index contributed by atoms with van der Waals surface area (Å²) in [5.41, 5.74) is 15.1. The molecule has 2 atom stereocenters. The number of aryl methyl sites for hydroxylation is 2. The van der Waals surface area contributed by atoms with Crippen molar-refractivity contribution in [2.45, 2.75) is 20.3 Å². The van der Waals surface area contributed by atoms with Crippen molar-refractivity contribution in [1.29, 1.82) is 5.26 Å². The van der Waals surface area contributed by atoms with Crippen LogP contribution in [0.15, 0.2) is 30.5 Å². The molecule has 8 nitrogen and oxygen atoms in total. The van der Waals surface area contributed by atoms with Gasteiger partial charge in [-0.05, 0) is 55.0 Å². The number of hydrogen-bond donors (Lipinski definition) is 3. The number of nitrogen functional groups attached to an aromatic ring is 1. The lowest BCUT2D eigenvalue weighted by Gasteiger charge is -2.12. The van der Waals surface area contributed by atoms with Crippen molar-refractivity contribution in [3.8, 4) is 17.3 Å². The molecule has 1 aromatic carbocycles. The second kappa shape index (κ2) is 7.12. The number of carbonyl (C=O) groups excluding carboxylic acids is 2. The molecule has 0 radical (unpaired) electrons. The lowest BCUT2D eigenvalue weighted by atomic mass is 9.96. The number of nitrogens with two attached hydrogens (primary N) is 2. The summed E-state index contributed by atoms with van der Waals surface area (Å²) in [5, 5.41) is 13.1. The van der Waals surface area contributed by atoms with Crippen LogP contribution in [0.5, 0.6) is 0 Å². The molecule has 0 saturated heterocycles. The lowest BCUT2D eigenvalue weighted by Crippen LogP contribution is -2.15. The van der Waals surface area contributed by atoms with Crippen molar-refractivity contribution in [3.05, 3.63) is 47.2 Å². The maximum atomic E-state index is 12.2. The van der Waals surface area contributed by atoms with E-state index in [1.165, 1.54) is 0 Å². The fourth-order valence-electron chi connectivity index (χ4n) is 3.62. The first-order valence-corrected chi connectivity index (χ1v) is 9.46. The Kier molecular flexibility index (Phi) is 4.59. The number of anilines is 2. The first-order valence-electron chi connectivity index (χ1n) is 9.46. The van der Waals surface area contributed by atoms with E-state index in [-0.39, 0.29) is 17.7 Å². The lowest BCUT2D eigenvalue weighted by molar-refractivity contribution is -0.117. The van der Waals surface area contributed by atoms with Gasteiger partial charge in [-0.2, -0.15) is 5.26 Å². The third-order valence-electron chi connectivity index (χ3n) is 5.40. The van der Waals surface area contributed by atoms with Gasteiger partial charge in [0.1, 0.15) is 11.6 Å². The smallest absolute Gasteiger partial charge is 0.248 e. The van der Waals surface area contributed by atoms with E-state index in [1.807, 2.05) is 26.0 Å². The van der Waals surface area contributed by atoms with Crippen molar-refractivity contribution in [2.24, 2.45) is 17.6 Å². The van der Waals surface area contributed by atoms with E-state index in [9.17, 15) is 9.59 Å². The molecule has 1 fully saturated rings. The Morgan fingerprint density at radius 1 is 1.20 bits per heavy atom. The van der Waals surface area contributed by atoms with E-state index in [2.05, 4.69) is 21.4 Å². The number of nitrogens with zero attached hydrogens (tertiary/aromatic N) is 3. The largest absolute Gasteiger partial charge is 0.383 e. The van der Waals surface area contributed by atoms with Crippen molar-refractivity contribution < 1.29 is 9.59 Å². The number of amides is 2. The monoisotopic (exact) mass is 400 g/mol. The SMILES string of the molecule is Cc1cc(C)c(-c2cc3cc(NC(=O)[C@@H]4CC4C#N)ncc3c(N)n2)cc1C(N)=O. The van der Waals surface area contributed by atoms with E-state index in [0.29, 0.717) is 34.7 Å². The minimum absolute atomic E-state index is 0.212. The topological polar surface area (TPSA) is 148 Å². The number of rotatable bonds is 4. The maximum Gasteiger partial charge on any atom is 0.248 e. The van der Waals surface area contributed by atoms with E-state index < -0.39 is 5.91 Å². The fourth-order valence-corrected chi connectivity index (χ4v) is 3.62. The molecule has 8 heteroatoms. The Labute approximate surface area is 172 Å². The van der Waals surface area contributed by atoms with Crippen LogP contribution in [0.1, 0.15) is 27.9 Å². The molecule has 2 amide bonds. The number of benzene rings is 1. The van der Waals surface area contributed by atoms with Crippen LogP contribution in [-0.2, 0) is 4.79 Å². The number of nitrogens with one attached hydrogen (secondary N) is 1. The van der Waals surface area contributed by atoms with Crippen molar-refractivity contribution >= 4 is 34.2 Å². The normalized spacial score (nSPS) is 17.4. The highest BCUT2D eigenvalue weighted by Crippen LogP contribution is 2.38. The van der Waals surface area contributed by atoms with Gasteiger partial charge < -0.3 is 16.8 Å². The highest BCUT2D eigenvalue weighted by molar-refractivity contribution is 5.99. The summed E-state index contributed by atoms with van der Waals surface area (Å²) in [4.78, 5) is 32.7. The molecular formula is C22H20N6O2. The molecule has 4 rings (SSSR count). The minimum Gasteiger partial charge on any atom is -0.383 e. The first kappa shape index (κ1) is 19.3. The second-order valence-electron chi connectivity index (χ2n) is 7.60. The second-order valence-corrected chi connectivity index (χ2v) is 7.60. The van der Waals surface area contributed by atoms with Crippen LogP contribution in [0.25, 0.3) is 22.0 Å². The molecule has 30 heavy (non-hydrogen) atoms. The van der Waals surface area contributed by atoms with Gasteiger partial charge in [-0.25, -0.2) is 9.97 Å². The molecular weight excluding hydrogens is 380 g/mol. The summed E-state index contributed by atoms with van der Waals surface area (Å²) in [7, 11) is 0. The average Bonchev–Trinajstić information content (AvgIpc) is 3.47. The van der Waals surface area contributed by atoms with Crippen molar-refractivity contribution in [3.63, 3.8) is 0 Å². The average molecular weight is 400 g/mol. The number of primary amides is 1. The van der Waals surface area contributed by atoms with Gasteiger partial charge in [0, 0.05) is 22.7 Å². The Morgan fingerprint density at radius 2 is 1.97 bits per heavy atom. The number of hydrogen-bond acceptors (Lipinski definition) is 6. The molecule has 5 N–H and O–H groups in total. The Morgan fingerprint density at radius 3 is 2.63 bits per heavy atom. The number of nitriles is 1. The number of fused-ring (bicyclic) bond motifs is 1. The van der Waals surface area contributed by atoms with E-state index in [4.69, 9.17) is 16.7 Å². The number of carbonyl (C=O) groups is 2. The third-order valence-corrected chi connectivity index (χ3v) is 5.40. The highest BCUT2D eigenvalue weighted by atomic mass is 16.2. The van der Waals surface area contributed by atoms with Crippen LogP contribution in [-0.4, -0.2) is 21.8 Å².